The Kier molecular flexibility index (Phi) is 3.84. The van der Waals surface area contributed by atoms with E-state index in [1.165, 1.54) is 28.6 Å². The van der Waals surface area contributed by atoms with Gasteiger partial charge in [0.25, 0.3) is 5.91 Å². The highest BCUT2D eigenvalue weighted by Gasteiger charge is 2.31. The zero-order valence-electron chi connectivity index (χ0n) is 14.5. The topological polar surface area (TPSA) is 59.7 Å². The second kappa shape index (κ2) is 5.95. The summed E-state index contributed by atoms with van der Waals surface area (Å²) < 4.78 is 26.3. The van der Waals surface area contributed by atoms with Gasteiger partial charge >= 0.3 is 0 Å². The van der Waals surface area contributed by atoms with Gasteiger partial charge in [0.05, 0.1) is 12.2 Å². The Labute approximate surface area is 154 Å². The molecule has 6 nitrogen and oxygen atoms in total. The number of carbonyl (C=O) groups excluding carboxylic acids is 1. The van der Waals surface area contributed by atoms with E-state index >= 15 is 0 Å². The van der Waals surface area contributed by atoms with Crippen LogP contribution in [-0.4, -0.2) is 28.0 Å². The van der Waals surface area contributed by atoms with Crippen molar-refractivity contribution in [3.8, 4) is 18.1 Å². The van der Waals surface area contributed by atoms with E-state index in [4.69, 9.17) is 11.2 Å². The zero-order chi connectivity index (χ0) is 18.5. The van der Waals surface area contributed by atoms with Crippen molar-refractivity contribution in [3.63, 3.8) is 0 Å². The van der Waals surface area contributed by atoms with E-state index in [-0.39, 0.29) is 30.2 Å². The van der Waals surface area contributed by atoms with Gasteiger partial charge in [-0.3, -0.25) is 9.69 Å². The zero-order valence-corrected chi connectivity index (χ0v) is 15.3. The molecule has 0 bridgehead atoms. The van der Waals surface area contributed by atoms with Crippen LogP contribution >= 0.6 is 11.5 Å². The van der Waals surface area contributed by atoms with Gasteiger partial charge in [0.2, 0.25) is 4.80 Å². The molecule has 134 valence electrons. The number of anilines is 1. The van der Waals surface area contributed by atoms with E-state index in [0.717, 1.165) is 18.8 Å². The van der Waals surface area contributed by atoms with Gasteiger partial charge < -0.3 is 9.30 Å². The van der Waals surface area contributed by atoms with Crippen molar-refractivity contribution in [1.29, 1.82) is 0 Å². The standard InChI is InChI=1S/C18H17FN4O2S/c1-4-5-22-13-7-12(11(19)6-14(13)25-9-16(22)24)20-17-23-10-18(2,3)8-15(23)21-26-17/h1,6-7H,5,8-10H2,2-3H3. The van der Waals surface area contributed by atoms with Crippen LogP contribution in [0.25, 0.3) is 0 Å². The number of hydrogen-bond donors (Lipinski definition) is 0. The maximum atomic E-state index is 14.5. The molecule has 0 saturated heterocycles. The lowest BCUT2D eigenvalue weighted by Crippen LogP contribution is -2.39. The molecule has 2 aliphatic rings. The summed E-state index contributed by atoms with van der Waals surface area (Å²) in [6.07, 6.45) is 6.22. The third-order valence-corrected chi connectivity index (χ3v) is 5.21. The molecule has 0 unspecified atom stereocenters. The Balaban J connectivity index is 1.80. The quantitative estimate of drug-likeness (QED) is 0.760. The van der Waals surface area contributed by atoms with Crippen molar-refractivity contribution in [2.75, 3.05) is 18.1 Å². The Morgan fingerprint density at radius 3 is 3.08 bits per heavy atom. The van der Waals surface area contributed by atoms with Gasteiger partial charge in [-0.2, -0.15) is 4.37 Å². The minimum Gasteiger partial charge on any atom is -0.481 e. The number of aromatic nitrogens is 2. The summed E-state index contributed by atoms with van der Waals surface area (Å²) in [5, 5.41) is 0. The molecule has 0 radical (unpaired) electrons. The molecule has 0 aliphatic carbocycles. The van der Waals surface area contributed by atoms with Gasteiger partial charge in [-0.1, -0.05) is 19.8 Å². The normalized spacial score (nSPS) is 18.3. The number of nitrogens with zero attached hydrogens (tertiary/aromatic N) is 4. The number of rotatable bonds is 2. The molecule has 1 aromatic heterocycles. The van der Waals surface area contributed by atoms with E-state index in [0.29, 0.717) is 16.2 Å². The number of fused-ring (bicyclic) bond motifs is 2. The summed E-state index contributed by atoms with van der Waals surface area (Å²) in [7, 11) is 0. The minimum atomic E-state index is -0.515. The Morgan fingerprint density at radius 1 is 1.50 bits per heavy atom. The minimum absolute atomic E-state index is 0.0964. The van der Waals surface area contributed by atoms with Crippen molar-refractivity contribution in [2.45, 2.75) is 26.8 Å². The van der Waals surface area contributed by atoms with Gasteiger partial charge in [0, 0.05) is 30.6 Å². The van der Waals surface area contributed by atoms with E-state index in [2.05, 4.69) is 29.1 Å². The van der Waals surface area contributed by atoms with E-state index in [1.807, 2.05) is 4.57 Å². The van der Waals surface area contributed by atoms with E-state index in [9.17, 15) is 9.18 Å². The van der Waals surface area contributed by atoms with Gasteiger partial charge in [0.1, 0.15) is 17.3 Å². The van der Waals surface area contributed by atoms with Gasteiger partial charge in [0.15, 0.2) is 12.4 Å². The van der Waals surface area contributed by atoms with Crippen LogP contribution in [0, 0.1) is 23.6 Å². The third kappa shape index (κ3) is 2.78. The smallest absolute Gasteiger partial charge is 0.265 e. The highest BCUT2D eigenvalue weighted by atomic mass is 32.1. The summed E-state index contributed by atoms with van der Waals surface area (Å²) >= 11 is 1.24. The van der Waals surface area contributed by atoms with Crippen LogP contribution in [0.2, 0.25) is 0 Å². The second-order valence-electron chi connectivity index (χ2n) is 7.16. The molecule has 4 rings (SSSR count). The molecular formula is C18H17FN4O2S. The number of hydrogen-bond acceptors (Lipinski definition) is 5. The molecule has 0 spiro atoms. The summed E-state index contributed by atoms with van der Waals surface area (Å²) in [6.45, 7) is 5.05. The van der Waals surface area contributed by atoms with Crippen LogP contribution < -0.4 is 14.4 Å². The Hall–Kier alpha value is -2.66. The Bertz CT molecular complexity index is 1020. The molecule has 0 fully saturated rings. The summed E-state index contributed by atoms with van der Waals surface area (Å²) in [6, 6.07) is 2.76. The predicted molar refractivity (Wildman–Crippen MR) is 95.9 cm³/mol. The molecule has 3 heterocycles. The van der Waals surface area contributed by atoms with Gasteiger partial charge in [-0.05, 0) is 11.5 Å². The molecule has 8 heteroatoms. The maximum absolute atomic E-state index is 14.5. The van der Waals surface area contributed by atoms with Crippen LogP contribution in [0.15, 0.2) is 17.1 Å². The average molecular weight is 372 g/mol. The van der Waals surface area contributed by atoms with E-state index in [1.54, 1.807) is 0 Å². The van der Waals surface area contributed by atoms with Crippen LogP contribution in [0.4, 0.5) is 15.8 Å². The average Bonchev–Trinajstić information content (AvgIpc) is 3.07. The number of terminal acetylenes is 1. The van der Waals surface area contributed by atoms with Gasteiger partial charge in [-0.15, -0.1) is 6.42 Å². The first kappa shape index (κ1) is 16.8. The first-order valence-corrected chi connectivity index (χ1v) is 8.95. The number of benzene rings is 1. The van der Waals surface area contributed by atoms with Crippen LogP contribution in [0.1, 0.15) is 19.7 Å². The predicted octanol–water partition coefficient (Wildman–Crippen LogP) is 2.26. The Morgan fingerprint density at radius 2 is 2.31 bits per heavy atom. The van der Waals surface area contributed by atoms with Crippen molar-refractivity contribution < 1.29 is 13.9 Å². The second-order valence-corrected chi connectivity index (χ2v) is 7.89. The number of halogens is 1. The number of ether oxygens (including phenoxy) is 1. The SMILES string of the molecule is C#CCN1C(=O)COc2cc(F)c(N=c3snc4n3CC(C)(C)C4)cc21. The molecule has 0 N–H and O–H groups in total. The highest BCUT2D eigenvalue weighted by molar-refractivity contribution is 7.02. The fourth-order valence-corrected chi connectivity index (χ4v) is 4.00. The fourth-order valence-electron chi connectivity index (χ4n) is 3.25. The summed E-state index contributed by atoms with van der Waals surface area (Å²) in [5.41, 5.74) is 0.678. The molecule has 2 aromatic rings. The van der Waals surface area contributed by atoms with Crippen molar-refractivity contribution in [1.82, 2.24) is 8.94 Å². The first-order chi connectivity index (χ1) is 12.4. The summed E-state index contributed by atoms with van der Waals surface area (Å²) in [5.74, 6) is 2.92. The van der Waals surface area contributed by atoms with Crippen molar-refractivity contribution >= 4 is 28.8 Å². The number of carbonyl (C=O) groups is 1. The van der Waals surface area contributed by atoms with Gasteiger partial charge in [-0.25, -0.2) is 9.38 Å². The van der Waals surface area contributed by atoms with E-state index < -0.39 is 5.82 Å². The molecule has 1 aromatic carbocycles. The lowest BCUT2D eigenvalue weighted by Gasteiger charge is -2.28. The molecule has 0 saturated carbocycles. The number of amides is 1. The molecule has 2 aliphatic heterocycles. The molecule has 26 heavy (non-hydrogen) atoms. The lowest BCUT2D eigenvalue weighted by atomic mass is 9.92. The van der Waals surface area contributed by atoms with Crippen LogP contribution in [0.5, 0.6) is 5.75 Å². The largest absolute Gasteiger partial charge is 0.481 e. The molecule has 0 atom stereocenters. The third-order valence-electron chi connectivity index (χ3n) is 4.43. The lowest BCUT2D eigenvalue weighted by molar-refractivity contribution is -0.121. The summed E-state index contributed by atoms with van der Waals surface area (Å²) in [4.78, 5) is 18.6. The monoisotopic (exact) mass is 372 g/mol. The van der Waals surface area contributed by atoms with Crippen LogP contribution in [0.3, 0.4) is 0 Å². The van der Waals surface area contributed by atoms with Crippen LogP contribution in [-0.2, 0) is 17.8 Å². The fraction of sp³-hybridized carbons (Fsp3) is 0.389. The maximum Gasteiger partial charge on any atom is 0.265 e. The molecule has 1 amide bonds. The molecular weight excluding hydrogens is 355 g/mol. The van der Waals surface area contributed by atoms with Crippen molar-refractivity contribution in [2.24, 2.45) is 10.4 Å². The first-order valence-electron chi connectivity index (χ1n) is 8.18. The van der Waals surface area contributed by atoms with Crippen molar-refractivity contribution in [3.05, 3.63) is 28.6 Å². The highest BCUT2D eigenvalue weighted by Crippen LogP contribution is 2.37.